The van der Waals surface area contributed by atoms with Gasteiger partial charge in [0.25, 0.3) is 0 Å². The van der Waals surface area contributed by atoms with Crippen LogP contribution in [-0.2, 0) is 6.42 Å². The second-order valence-electron chi connectivity index (χ2n) is 5.94. The molecular weight excluding hydrogens is 264 g/mol. The molecule has 0 bridgehead atoms. The van der Waals surface area contributed by atoms with Crippen molar-refractivity contribution >= 4 is 0 Å². The van der Waals surface area contributed by atoms with Gasteiger partial charge in [0, 0.05) is 24.9 Å². The number of hydrogen-bond acceptors (Lipinski definition) is 5. The smallest absolute Gasteiger partial charge is 0.229 e. The average molecular weight is 286 g/mol. The van der Waals surface area contributed by atoms with Gasteiger partial charge < -0.3 is 4.52 Å². The minimum Gasteiger partial charge on any atom is -0.339 e. The first-order valence-corrected chi connectivity index (χ1v) is 7.70. The number of hydrogen-bond donors (Lipinski definition) is 0. The molecule has 0 radical (unpaired) electrons. The number of pyridine rings is 1. The fourth-order valence-electron chi connectivity index (χ4n) is 2.83. The van der Waals surface area contributed by atoms with Crippen molar-refractivity contribution in [1.29, 1.82) is 0 Å². The lowest BCUT2D eigenvalue weighted by atomic mass is 10.1. The molecule has 1 saturated heterocycles. The second-order valence-corrected chi connectivity index (χ2v) is 5.94. The fourth-order valence-corrected chi connectivity index (χ4v) is 2.83. The molecule has 0 N–H and O–H groups in total. The zero-order valence-corrected chi connectivity index (χ0v) is 12.7. The summed E-state index contributed by atoms with van der Waals surface area (Å²) >= 11 is 0. The number of rotatable bonds is 5. The highest BCUT2D eigenvalue weighted by Crippen LogP contribution is 2.30. The number of aromatic nitrogens is 3. The van der Waals surface area contributed by atoms with Crippen molar-refractivity contribution in [1.82, 2.24) is 20.0 Å². The third-order valence-electron chi connectivity index (χ3n) is 4.05. The quantitative estimate of drug-likeness (QED) is 0.845. The maximum absolute atomic E-state index is 5.35. The summed E-state index contributed by atoms with van der Waals surface area (Å²) in [6.45, 7) is 6.29. The molecule has 2 aromatic heterocycles. The Hall–Kier alpha value is -1.75. The minimum atomic E-state index is 0.290. The van der Waals surface area contributed by atoms with E-state index in [1.165, 1.54) is 12.0 Å². The maximum atomic E-state index is 5.35. The zero-order chi connectivity index (χ0) is 14.7. The van der Waals surface area contributed by atoms with Gasteiger partial charge in [0.1, 0.15) is 0 Å². The normalized spacial score (nSPS) is 19.5. The molecule has 5 heteroatoms. The SMILES string of the molecule is CC(C)c1nc([C@H]2CCCN2CCc2ccncc2)no1. The summed E-state index contributed by atoms with van der Waals surface area (Å²) in [5.74, 6) is 1.88. The first-order valence-electron chi connectivity index (χ1n) is 7.70. The summed E-state index contributed by atoms with van der Waals surface area (Å²) < 4.78 is 5.35. The second kappa shape index (κ2) is 6.35. The largest absolute Gasteiger partial charge is 0.339 e. The third kappa shape index (κ3) is 3.29. The van der Waals surface area contributed by atoms with Gasteiger partial charge in [-0.05, 0) is 43.5 Å². The molecule has 3 heterocycles. The lowest BCUT2D eigenvalue weighted by Gasteiger charge is -2.21. The van der Waals surface area contributed by atoms with Crippen LogP contribution < -0.4 is 0 Å². The predicted molar refractivity (Wildman–Crippen MR) is 79.9 cm³/mol. The summed E-state index contributed by atoms with van der Waals surface area (Å²) in [5, 5.41) is 4.19. The summed E-state index contributed by atoms with van der Waals surface area (Å²) in [6.07, 6.45) is 7.06. The van der Waals surface area contributed by atoms with E-state index in [9.17, 15) is 0 Å². The Kier molecular flexibility index (Phi) is 4.29. The van der Waals surface area contributed by atoms with Crippen LogP contribution in [0.25, 0.3) is 0 Å². The molecule has 2 aromatic rings. The molecule has 112 valence electrons. The first-order chi connectivity index (χ1) is 10.2. The molecule has 1 fully saturated rings. The fraction of sp³-hybridized carbons (Fsp3) is 0.562. The van der Waals surface area contributed by atoms with Gasteiger partial charge >= 0.3 is 0 Å². The maximum Gasteiger partial charge on any atom is 0.229 e. The molecule has 0 aliphatic carbocycles. The summed E-state index contributed by atoms with van der Waals surface area (Å²) in [6, 6.07) is 4.47. The van der Waals surface area contributed by atoms with Crippen molar-refractivity contribution in [2.75, 3.05) is 13.1 Å². The monoisotopic (exact) mass is 286 g/mol. The molecule has 0 spiro atoms. The highest BCUT2D eigenvalue weighted by atomic mass is 16.5. The van der Waals surface area contributed by atoms with Crippen molar-refractivity contribution in [3.63, 3.8) is 0 Å². The molecule has 1 atom stereocenters. The first kappa shape index (κ1) is 14.2. The van der Waals surface area contributed by atoms with Gasteiger partial charge in [-0.15, -0.1) is 0 Å². The molecule has 0 aromatic carbocycles. The van der Waals surface area contributed by atoms with Crippen LogP contribution in [0.1, 0.15) is 55.9 Å². The molecule has 0 amide bonds. The van der Waals surface area contributed by atoms with E-state index < -0.39 is 0 Å². The van der Waals surface area contributed by atoms with Gasteiger partial charge in [0.05, 0.1) is 6.04 Å². The van der Waals surface area contributed by atoms with Crippen LogP contribution in [0.3, 0.4) is 0 Å². The Bertz CT molecular complexity index is 567. The van der Waals surface area contributed by atoms with E-state index in [4.69, 9.17) is 4.52 Å². The van der Waals surface area contributed by atoms with Crippen molar-refractivity contribution in [3.8, 4) is 0 Å². The summed E-state index contributed by atoms with van der Waals surface area (Å²) in [7, 11) is 0. The highest BCUT2D eigenvalue weighted by molar-refractivity contribution is 5.10. The molecule has 21 heavy (non-hydrogen) atoms. The van der Waals surface area contributed by atoms with Crippen molar-refractivity contribution < 1.29 is 4.52 Å². The Morgan fingerprint density at radius 1 is 1.33 bits per heavy atom. The Morgan fingerprint density at radius 2 is 2.14 bits per heavy atom. The van der Waals surface area contributed by atoms with E-state index in [2.05, 4.69) is 46.0 Å². The van der Waals surface area contributed by atoms with Gasteiger partial charge in [-0.2, -0.15) is 4.98 Å². The van der Waals surface area contributed by atoms with Crippen LogP contribution in [0.2, 0.25) is 0 Å². The van der Waals surface area contributed by atoms with E-state index in [1.54, 1.807) is 0 Å². The van der Waals surface area contributed by atoms with Crippen LogP contribution in [0.4, 0.5) is 0 Å². The topological polar surface area (TPSA) is 55.1 Å². The minimum absolute atomic E-state index is 0.290. The predicted octanol–water partition coefficient (Wildman–Crippen LogP) is 2.97. The summed E-state index contributed by atoms with van der Waals surface area (Å²) in [5.41, 5.74) is 1.33. The molecule has 1 aliphatic heterocycles. The van der Waals surface area contributed by atoms with Gasteiger partial charge in [-0.25, -0.2) is 0 Å². The van der Waals surface area contributed by atoms with Crippen LogP contribution >= 0.6 is 0 Å². The third-order valence-corrected chi connectivity index (χ3v) is 4.05. The highest BCUT2D eigenvalue weighted by Gasteiger charge is 2.29. The standard InChI is InChI=1S/C16H22N4O/c1-12(2)16-18-15(19-21-16)14-4-3-10-20(14)11-7-13-5-8-17-9-6-13/h5-6,8-9,12,14H,3-4,7,10-11H2,1-2H3/t14-/m1/s1. The van der Waals surface area contributed by atoms with Crippen LogP contribution in [-0.4, -0.2) is 33.1 Å². The van der Waals surface area contributed by atoms with E-state index in [0.717, 1.165) is 37.6 Å². The Labute approximate surface area is 125 Å². The lowest BCUT2D eigenvalue weighted by Crippen LogP contribution is -2.26. The lowest BCUT2D eigenvalue weighted by molar-refractivity contribution is 0.245. The van der Waals surface area contributed by atoms with Crippen LogP contribution in [0.15, 0.2) is 29.0 Å². The van der Waals surface area contributed by atoms with E-state index >= 15 is 0 Å². The van der Waals surface area contributed by atoms with Gasteiger partial charge in [0.2, 0.25) is 5.89 Å². The van der Waals surface area contributed by atoms with Crippen molar-refractivity contribution in [3.05, 3.63) is 41.8 Å². The van der Waals surface area contributed by atoms with Crippen LogP contribution in [0.5, 0.6) is 0 Å². The van der Waals surface area contributed by atoms with Gasteiger partial charge in [0.15, 0.2) is 5.82 Å². The van der Waals surface area contributed by atoms with E-state index in [0.29, 0.717) is 6.04 Å². The van der Waals surface area contributed by atoms with Crippen LogP contribution in [0, 0.1) is 0 Å². The summed E-state index contributed by atoms with van der Waals surface area (Å²) in [4.78, 5) is 11.1. The molecule has 0 unspecified atom stereocenters. The van der Waals surface area contributed by atoms with Crippen molar-refractivity contribution in [2.45, 2.75) is 45.1 Å². The average Bonchev–Trinajstić information content (AvgIpc) is 3.15. The van der Waals surface area contributed by atoms with Gasteiger partial charge in [-0.1, -0.05) is 19.0 Å². The van der Waals surface area contributed by atoms with E-state index in [-0.39, 0.29) is 5.92 Å². The number of likely N-dealkylation sites (tertiary alicyclic amines) is 1. The van der Waals surface area contributed by atoms with E-state index in [1.807, 2.05) is 12.4 Å². The van der Waals surface area contributed by atoms with Gasteiger partial charge in [-0.3, -0.25) is 9.88 Å². The molecular formula is C16H22N4O. The molecule has 1 aliphatic rings. The zero-order valence-electron chi connectivity index (χ0n) is 12.7. The Morgan fingerprint density at radius 3 is 2.86 bits per heavy atom. The molecule has 5 nitrogen and oxygen atoms in total. The molecule has 0 saturated carbocycles. The molecule has 3 rings (SSSR count). The Balaban J connectivity index is 1.64. The number of nitrogens with zero attached hydrogens (tertiary/aromatic N) is 4. The van der Waals surface area contributed by atoms with Crippen molar-refractivity contribution in [2.24, 2.45) is 0 Å².